The highest BCUT2D eigenvalue weighted by atomic mass is 16.1. The Morgan fingerprint density at radius 1 is 0.971 bits per heavy atom. The Morgan fingerprint density at radius 2 is 1.82 bits per heavy atom. The third kappa shape index (κ3) is 4.78. The first kappa shape index (κ1) is 21.7. The number of nitrogens with zero attached hydrogens (tertiary/aromatic N) is 6. The van der Waals surface area contributed by atoms with Crippen molar-refractivity contribution in [2.75, 3.05) is 23.3 Å². The maximum absolute atomic E-state index is 12.1. The summed E-state index contributed by atoms with van der Waals surface area (Å²) in [7, 11) is 0. The van der Waals surface area contributed by atoms with E-state index in [0.717, 1.165) is 41.2 Å². The number of amides is 1. The lowest BCUT2D eigenvalue weighted by atomic mass is 10.1. The van der Waals surface area contributed by atoms with Crippen LogP contribution in [0.2, 0.25) is 0 Å². The molecule has 4 heterocycles. The lowest BCUT2D eigenvalue weighted by molar-refractivity contribution is 0.0943. The minimum atomic E-state index is -0.153. The highest BCUT2D eigenvalue weighted by molar-refractivity contribution is 5.94. The van der Waals surface area contributed by atoms with Crippen molar-refractivity contribution in [2.45, 2.75) is 32.7 Å². The van der Waals surface area contributed by atoms with E-state index in [0.29, 0.717) is 17.3 Å². The molecule has 1 aromatic carbocycles. The van der Waals surface area contributed by atoms with Crippen molar-refractivity contribution in [3.05, 3.63) is 60.6 Å². The minimum Gasteiger partial charge on any atom is -0.350 e. The molecule has 0 bridgehead atoms. The number of benzene rings is 1. The normalized spacial score (nSPS) is 13.4. The molecule has 5 rings (SSSR count). The number of nitrogens with one attached hydrogen (secondary N) is 2. The number of anilines is 3. The summed E-state index contributed by atoms with van der Waals surface area (Å²) in [6.45, 7) is 5.87. The van der Waals surface area contributed by atoms with E-state index in [2.05, 4.69) is 35.5 Å². The molecule has 0 spiro atoms. The van der Waals surface area contributed by atoms with Crippen LogP contribution in [0.3, 0.4) is 0 Å². The Kier molecular flexibility index (Phi) is 5.99. The van der Waals surface area contributed by atoms with Crippen molar-refractivity contribution in [3.8, 4) is 11.3 Å². The van der Waals surface area contributed by atoms with E-state index in [4.69, 9.17) is 4.98 Å². The standard InChI is InChI=1S/C25H26N8O/c1-16(2)29-23(34)18-6-8-22(27-14-18)32-24-26-10-9-21(30-24)17-5-7-20-19(13-17)15-28-25(31-20)33-11-3-4-12-33/h5-10,13-16H,3-4,11-12H2,1-2H3,(H,29,34)(H,26,27,30,32). The van der Waals surface area contributed by atoms with Gasteiger partial charge in [-0.25, -0.2) is 24.9 Å². The van der Waals surface area contributed by atoms with Crippen molar-refractivity contribution in [2.24, 2.45) is 0 Å². The number of rotatable bonds is 6. The van der Waals surface area contributed by atoms with Crippen molar-refractivity contribution >= 4 is 34.5 Å². The topological polar surface area (TPSA) is 109 Å². The van der Waals surface area contributed by atoms with Gasteiger partial charge in [-0.05, 0) is 57.0 Å². The summed E-state index contributed by atoms with van der Waals surface area (Å²) in [5, 5.41) is 6.91. The summed E-state index contributed by atoms with van der Waals surface area (Å²) in [6.07, 6.45) is 7.49. The third-order valence-corrected chi connectivity index (χ3v) is 5.59. The largest absolute Gasteiger partial charge is 0.350 e. The van der Waals surface area contributed by atoms with E-state index in [1.807, 2.05) is 44.3 Å². The summed E-state index contributed by atoms with van der Waals surface area (Å²) in [4.78, 5) is 36.9. The molecule has 3 aromatic heterocycles. The summed E-state index contributed by atoms with van der Waals surface area (Å²) in [5.41, 5.74) is 3.14. The molecule has 2 N–H and O–H groups in total. The monoisotopic (exact) mass is 454 g/mol. The Bertz CT molecular complexity index is 1320. The number of carbonyl (C=O) groups excluding carboxylic acids is 1. The van der Waals surface area contributed by atoms with Gasteiger partial charge in [-0.3, -0.25) is 4.79 Å². The summed E-state index contributed by atoms with van der Waals surface area (Å²) < 4.78 is 0. The molecule has 0 aliphatic carbocycles. The predicted molar refractivity (Wildman–Crippen MR) is 132 cm³/mol. The van der Waals surface area contributed by atoms with Crippen LogP contribution in [0.4, 0.5) is 17.7 Å². The van der Waals surface area contributed by atoms with E-state index in [9.17, 15) is 4.79 Å². The van der Waals surface area contributed by atoms with Crippen LogP contribution in [0.25, 0.3) is 22.2 Å². The SMILES string of the molecule is CC(C)NC(=O)c1ccc(Nc2nccc(-c3ccc4nc(N5CCCC5)ncc4c3)n2)nc1. The molecule has 9 heteroatoms. The molecule has 1 aliphatic rings. The quantitative estimate of drug-likeness (QED) is 0.451. The minimum absolute atomic E-state index is 0.0650. The Hall–Kier alpha value is -4.14. The zero-order valence-electron chi connectivity index (χ0n) is 19.2. The maximum atomic E-state index is 12.1. The molecular weight excluding hydrogens is 428 g/mol. The molecular formula is C25H26N8O. The van der Waals surface area contributed by atoms with Crippen LogP contribution >= 0.6 is 0 Å². The Labute approximate surface area is 197 Å². The smallest absolute Gasteiger partial charge is 0.253 e. The first-order valence-corrected chi connectivity index (χ1v) is 11.4. The molecule has 0 unspecified atom stereocenters. The van der Waals surface area contributed by atoms with Gasteiger partial charge in [0.15, 0.2) is 0 Å². The fourth-order valence-electron chi connectivity index (χ4n) is 3.89. The number of carbonyl (C=O) groups is 1. The fourth-order valence-corrected chi connectivity index (χ4v) is 3.89. The first-order chi connectivity index (χ1) is 16.5. The molecule has 0 atom stereocenters. The van der Waals surface area contributed by atoms with Gasteiger partial charge in [-0.1, -0.05) is 6.07 Å². The second-order valence-electron chi connectivity index (χ2n) is 8.59. The van der Waals surface area contributed by atoms with Gasteiger partial charge in [0.2, 0.25) is 11.9 Å². The lowest BCUT2D eigenvalue weighted by Gasteiger charge is -2.15. The van der Waals surface area contributed by atoms with Crippen LogP contribution in [0.1, 0.15) is 37.0 Å². The van der Waals surface area contributed by atoms with Gasteiger partial charge in [0.05, 0.1) is 16.8 Å². The van der Waals surface area contributed by atoms with Crippen molar-refractivity contribution in [1.82, 2.24) is 30.2 Å². The average Bonchev–Trinajstić information content (AvgIpc) is 3.39. The van der Waals surface area contributed by atoms with Crippen LogP contribution in [0.15, 0.2) is 55.0 Å². The summed E-state index contributed by atoms with van der Waals surface area (Å²) in [6, 6.07) is 11.4. The van der Waals surface area contributed by atoms with Crippen LogP contribution in [-0.4, -0.2) is 50.0 Å². The number of hydrogen-bond acceptors (Lipinski definition) is 8. The summed E-state index contributed by atoms with van der Waals surface area (Å²) >= 11 is 0. The molecule has 34 heavy (non-hydrogen) atoms. The van der Waals surface area contributed by atoms with Crippen molar-refractivity contribution in [3.63, 3.8) is 0 Å². The Morgan fingerprint density at radius 3 is 2.59 bits per heavy atom. The van der Waals surface area contributed by atoms with Gasteiger partial charge < -0.3 is 15.5 Å². The van der Waals surface area contributed by atoms with Gasteiger partial charge in [0, 0.05) is 48.7 Å². The average molecular weight is 455 g/mol. The number of fused-ring (bicyclic) bond motifs is 1. The fraction of sp³-hybridized carbons (Fsp3) is 0.280. The number of aromatic nitrogens is 5. The molecule has 1 fully saturated rings. The molecule has 0 saturated carbocycles. The van der Waals surface area contributed by atoms with Crippen LogP contribution < -0.4 is 15.5 Å². The van der Waals surface area contributed by atoms with Crippen LogP contribution in [-0.2, 0) is 0 Å². The van der Waals surface area contributed by atoms with Crippen LogP contribution in [0.5, 0.6) is 0 Å². The molecule has 1 saturated heterocycles. The van der Waals surface area contributed by atoms with E-state index in [1.54, 1.807) is 18.3 Å². The molecule has 9 nitrogen and oxygen atoms in total. The highest BCUT2D eigenvalue weighted by Crippen LogP contribution is 2.25. The zero-order chi connectivity index (χ0) is 23.5. The lowest BCUT2D eigenvalue weighted by Crippen LogP contribution is -2.30. The predicted octanol–water partition coefficient (Wildman–Crippen LogP) is 3.96. The second-order valence-corrected chi connectivity index (χ2v) is 8.59. The molecule has 1 aliphatic heterocycles. The van der Waals surface area contributed by atoms with Gasteiger partial charge in [0.1, 0.15) is 5.82 Å². The summed E-state index contributed by atoms with van der Waals surface area (Å²) in [5.74, 6) is 1.62. The maximum Gasteiger partial charge on any atom is 0.253 e. The molecule has 172 valence electrons. The van der Waals surface area contributed by atoms with Gasteiger partial charge in [-0.2, -0.15) is 0 Å². The Balaban J connectivity index is 1.33. The van der Waals surface area contributed by atoms with E-state index >= 15 is 0 Å². The van der Waals surface area contributed by atoms with Crippen molar-refractivity contribution < 1.29 is 4.79 Å². The second kappa shape index (κ2) is 9.38. The van der Waals surface area contributed by atoms with Crippen LogP contribution in [0, 0.1) is 0 Å². The van der Waals surface area contributed by atoms with Gasteiger partial charge in [-0.15, -0.1) is 0 Å². The number of hydrogen-bond donors (Lipinski definition) is 2. The van der Waals surface area contributed by atoms with Crippen molar-refractivity contribution in [1.29, 1.82) is 0 Å². The van der Waals surface area contributed by atoms with E-state index < -0.39 is 0 Å². The van der Waals surface area contributed by atoms with E-state index in [1.165, 1.54) is 19.0 Å². The molecule has 1 amide bonds. The van der Waals surface area contributed by atoms with Gasteiger partial charge >= 0.3 is 0 Å². The highest BCUT2D eigenvalue weighted by Gasteiger charge is 2.15. The van der Waals surface area contributed by atoms with E-state index in [-0.39, 0.29) is 11.9 Å². The first-order valence-electron chi connectivity index (χ1n) is 11.4. The molecule has 0 radical (unpaired) electrons. The molecule has 4 aromatic rings. The zero-order valence-corrected chi connectivity index (χ0v) is 19.2. The van der Waals surface area contributed by atoms with Gasteiger partial charge in [0.25, 0.3) is 5.91 Å². The third-order valence-electron chi connectivity index (χ3n) is 5.59. The number of pyridine rings is 1.